The molecule has 0 aliphatic carbocycles. The monoisotopic (exact) mass is 487 g/mol. The molecule has 0 saturated carbocycles. The molecule has 2 fully saturated rings. The first-order chi connectivity index (χ1) is 16.3. The van der Waals surface area contributed by atoms with E-state index in [0.29, 0.717) is 44.6 Å². The SMILES string of the molecule is O=C(NCc1ccc(S(=O)(=O)N2CCCCC2)cc1)C1CCCN(C(=O)c2ccc(F)cc2)C1. The molecule has 2 saturated heterocycles. The first kappa shape index (κ1) is 24.3. The van der Waals surface area contributed by atoms with Gasteiger partial charge >= 0.3 is 0 Å². The van der Waals surface area contributed by atoms with E-state index < -0.39 is 15.8 Å². The van der Waals surface area contributed by atoms with Gasteiger partial charge in [0.25, 0.3) is 5.91 Å². The highest BCUT2D eigenvalue weighted by molar-refractivity contribution is 7.89. The number of rotatable bonds is 6. The van der Waals surface area contributed by atoms with Crippen LogP contribution in [0.3, 0.4) is 0 Å². The smallest absolute Gasteiger partial charge is 0.253 e. The molecule has 2 aromatic carbocycles. The Kier molecular flexibility index (Phi) is 7.63. The number of nitrogens with zero attached hydrogens (tertiary/aromatic N) is 2. The second kappa shape index (κ2) is 10.7. The van der Waals surface area contributed by atoms with Crippen molar-refractivity contribution in [2.75, 3.05) is 26.2 Å². The van der Waals surface area contributed by atoms with Crippen LogP contribution in [0, 0.1) is 11.7 Å². The van der Waals surface area contributed by atoms with Crippen LogP contribution in [0.4, 0.5) is 4.39 Å². The fourth-order valence-corrected chi connectivity index (χ4v) is 6.03. The van der Waals surface area contributed by atoms with E-state index in [1.807, 2.05) is 0 Å². The normalized spacial score (nSPS) is 19.6. The lowest BCUT2D eigenvalue weighted by Crippen LogP contribution is -2.45. The highest BCUT2D eigenvalue weighted by atomic mass is 32.2. The van der Waals surface area contributed by atoms with Crippen LogP contribution in [-0.2, 0) is 21.4 Å². The first-order valence-electron chi connectivity index (χ1n) is 11.8. The summed E-state index contributed by atoms with van der Waals surface area (Å²) in [6.07, 6.45) is 4.23. The lowest BCUT2D eigenvalue weighted by molar-refractivity contribution is -0.126. The van der Waals surface area contributed by atoms with Gasteiger partial charge in [-0.1, -0.05) is 18.6 Å². The molecule has 1 unspecified atom stereocenters. The van der Waals surface area contributed by atoms with Gasteiger partial charge in [-0.05, 0) is 67.6 Å². The number of amides is 2. The van der Waals surface area contributed by atoms with Crippen LogP contribution in [0.1, 0.15) is 48.0 Å². The van der Waals surface area contributed by atoms with E-state index in [0.717, 1.165) is 24.8 Å². The van der Waals surface area contributed by atoms with Crippen molar-refractivity contribution < 1.29 is 22.4 Å². The van der Waals surface area contributed by atoms with Crippen molar-refractivity contribution in [3.63, 3.8) is 0 Å². The molecule has 1 N–H and O–H groups in total. The van der Waals surface area contributed by atoms with Gasteiger partial charge in [0.2, 0.25) is 15.9 Å². The zero-order valence-corrected chi connectivity index (χ0v) is 19.9. The minimum atomic E-state index is -3.48. The average Bonchev–Trinajstić information content (AvgIpc) is 2.88. The molecule has 1 atom stereocenters. The Hall–Kier alpha value is -2.78. The van der Waals surface area contributed by atoms with Crippen LogP contribution in [0.15, 0.2) is 53.4 Å². The first-order valence-corrected chi connectivity index (χ1v) is 13.2. The van der Waals surface area contributed by atoms with E-state index in [2.05, 4.69) is 5.32 Å². The molecule has 34 heavy (non-hydrogen) atoms. The lowest BCUT2D eigenvalue weighted by atomic mass is 9.96. The Morgan fingerprint density at radius 2 is 1.59 bits per heavy atom. The number of carbonyl (C=O) groups excluding carboxylic acids is 2. The minimum absolute atomic E-state index is 0.137. The van der Waals surface area contributed by atoms with E-state index >= 15 is 0 Å². The third kappa shape index (κ3) is 5.64. The Balaban J connectivity index is 1.31. The second-order valence-corrected chi connectivity index (χ2v) is 10.9. The number of benzene rings is 2. The number of likely N-dealkylation sites (tertiary alicyclic amines) is 1. The van der Waals surface area contributed by atoms with E-state index in [1.54, 1.807) is 29.2 Å². The van der Waals surface area contributed by atoms with Crippen LogP contribution < -0.4 is 5.32 Å². The van der Waals surface area contributed by atoms with Crippen molar-refractivity contribution in [2.24, 2.45) is 5.92 Å². The fraction of sp³-hybridized carbons (Fsp3) is 0.440. The zero-order chi connectivity index (χ0) is 24.1. The molecule has 4 rings (SSSR count). The van der Waals surface area contributed by atoms with Crippen LogP contribution in [0.2, 0.25) is 0 Å². The molecule has 9 heteroatoms. The van der Waals surface area contributed by atoms with Gasteiger partial charge in [0, 0.05) is 38.3 Å². The summed E-state index contributed by atoms with van der Waals surface area (Å²) in [5, 5.41) is 2.91. The quantitative estimate of drug-likeness (QED) is 0.678. The van der Waals surface area contributed by atoms with Gasteiger partial charge in [0.15, 0.2) is 0 Å². The van der Waals surface area contributed by atoms with Crippen LogP contribution in [-0.4, -0.2) is 55.6 Å². The molecule has 0 spiro atoms. The average molecular weight is 488 g/mol. The zero-order valence-electron chi connectivity index (χ0n) is 19.1. The molecule has 182 valence electrons. The minimum Gasteiger partial charge on any atom is -0.352 e. The molecule has 2 aliphatic heterocycles. The lowest BCUT2D eigenvalue weighted by Gasteiger charge is -2.32. The second-order valence-electron chi connectivity index (χ2n) is 8.92. The molecule has 0 bridgehead atoms. The largest absolute Gasteiger partial charge is 0.352 e. The predicted molar refractivity (Wildman–Crippen MR) is 126 cm³/mol. The molecule has 0 radical (unpaired) electrons. The van der Waals surface area contributed by atoms with Crippen molar-refractivity contribution in [2.45, 2.75) is 43.5 Å². The number of hydrogen-bond acceptors (Lipinski definition) is 4. The Morgan fingerprint density at radius 1 is 0.912 bits per heavy atom. The summed E-state index contributed by atoms with van der Waals surface area (Å²) in [5.74, 6) is -1.06. The van der Waals surface area contributed by atoms with E-state index in [-0.39, 0.29) is 29.2 Å². The summed E-state index contributed by atoms with van der Waals surface area (Å²) in [5.41, 5.74) is 1.21. The van der Waals surface area contributed by atoms with Gasteiger partial charge in [-0.15, -0.1) is 0 Å². The highest BCUT2D eigenvalue weighted by Gasteiger charge is 2.29. The molecular formula is C25H30FN3O4S. The Bertz CT molecular complexity index is 1110. The fourth-order valence-electron chi connectivity index (χ4n) is 4.52. The predicted octanol–water partition coefficient (Wildman–Crippen LogP) is 3.17. The van der Waals surface area contributed by atoms with Crippen LogP contribution >= 0.6 is 0 Å². The number of piperidine rings is 2. The third-order valence-corrected chi connectivity index (χ3v) is 8.43. The third-order valence-electron chi connectivity index (χ3n) is 6.51. The maximum Gasteiger partial charge on any atom is 0.253 e. The standard InChI is InChI=1S/C25H30FN3O4S/c26-22-10-8-20(9-11-22)25(31)28-14-4-5-21(18-28)24(30)27-17-19-6-12-23(13-7-19)34(32,33)29-15-2-1-3-16-29/h6-13,21H,1-5,14-18H2,(H,27,30). The van der Waals surface area contributed by atoms with Crippen molar-refractivity contribution in [1.82, 2.24) is 14.5 Å². The number of hydrogen-bond donors (Lipinski definition) is 1. The van der Waals surface area contributed by atoms with Crippen molar-refractivity contribution in [1.29, 1.82) is 0 Å². The number of halogens is 1. The summed E-state index contributed by atoms with van der Waals surface area (Å²) in [6.45, 7) is 2.28. The van der Waals surface area contributed by atoms with Gasteiger partial charge < -0.3 is 10.2 Å². The van der Waals surface area contributed by atoms with Gasteiger partial charge in [0.1, 0.15) is 5.82 Å². The van der Waals surface area contributed by atoms with E-state index in [4.69, 9.17) is 0 Å². The molecule has 2 aliphatic rings. The molecular weight excluding hydrogens is 457 g/mol. The van der Waals surface area contributed by atoms with Crippen molar-refractivity contribution in [3.8, 4) is 0 Å². The van der Waals surface area contributed by atoms with Crippen molar-refractivity contribution >= 4 is 21.8 Å². The summed E-state index contributed by atoms with van der Waals surface area (Å²) in [4.78, 5) is 27.4. The van der Waals surface area contributed by atoms with Gasteiger partial charge in [-0.2, -0.15) is 4.31 Å². The molecule has 2 aromatic rings. The van der Waals surface area contributed by atoms with Crippen LogP contribution in [0.25, 0.3) is 0 Å². The van der Waals surface area contributed by atoms with Crippen molar-refractivity contribution in [3.05, 3.63) is 65.5 Å². The molecule has 2 heterocycles. The van der Waals surface area contributed by atoms with Gasteiger partial charge in [-0.3, -0.25) is 9.59 Å². The number of nitrogens with one attached hydrogen (secondary N) is 1. The molecule has 7 nitrogen and oxygen atoms in total. The summed E-state index contributed by atoms with van der Waals surface area (Å²) < 4.78 is 40.2. The highest BCUT2D eigenvalue weighted by Crippen LogP contribution is 2.22. The van der Waals surface area contributed by atoms with Gasteiger partial charge in [0.05, 0.1) is 10.8 Å². The van der Waals surface area contributed by atoms with Crippen LogP contribution in [0.5, 0.6) is 0 Å². The van der Waals surface area contributed by atoms with E-state index in [1.165, 1.54) is 28.6 Å². The maximum absolute atomic E-state index is 13.1. The maximum atomic E-state index is 13.1. The summed E-state index contributed by atoms with van der Waals surface area (Å²) in [6, 6.07) is 12.1. The topological polar surface area (TPSA) is 86.8 Å². The Labute approximate surface area is 200 Å². The van der Waals surface area contributed by atoms with Gasteiger partial charge in [-0.25, -0.2) is 12.8 Å². The summed E-state index contributed by atoms with van der Waals surface area (Å²) in [7, 11) is -3.48. The Morgan fingerprint density at radius 3 is 2.26 bits per heavy atom. The van der Waals surface area contributed by atoms with E-state index in [9.17, 15) is 22.4 Å². The number of sulfonamides is 1. The number of carbonyl (C=O) groups is 2. The molecule has 0 aromatic heterocycles. The summed E-state index contributed by atoms with van der Waals surface area (Å²) >= 11 is 0. The molecule has 2 amide bonds.